The van der Waals surface area contributed by atoms with Crippen LogP contribution in [0.5, 0.6) is 0 Å². The highest BCUT2D eigenvalue weighted by molar-refractivity contribution is 5.78. The van der Waals surface area contributed by atoms with Crippen LogP contribution in [0.4, 0.5) is 4.39 Å². The van der Waals surface area contributed by atoms with E-state index in [0.29, 0.717) is 24.0 Å². The number of hydrogen-bond acceptors (Lipinski definition) is 5. The van der Waals surface area contributed by atoms with E-state index >= 15 is 0 Å². The first kappa shape index (κ1) is 20.4. The lowest BCUT2D eigenvalue weighted by Crippen LogP contribution is -2.50. The maximum absolute atomic E-state index is 13.5. The lowest BCUT2D eigenvalue weighted by molar-refractivity contribution is -0.137. The molecule has 2 heterocycles. The summed E-state index contributed by atoms with van der Waals surface area (Å²) >= 11 is 0. The third kappa shape index (κ3) is 4.92. The SMILES string of the molecule is CCCC(CCC)C(=O)N1CCN(Cc2nnnn2-c2cccc(F)c2)CC1. The summed E-state index contributed by atoms with van der Waals surface area (Å²) in [6.45, 7) is 7.86. The van der Waals surface area contributed by atoms with Crippen LogP contribution in [-0.4, -0.2) is 62.1 Å². The van der Waals surface area contributed by atoms with Gasteiger partial charge in [-0.3, -0.25) is 9.69 Å². The molecule has 152 valence electrons. The van der Waals surface area contributed by atoms with Crippen molar-refractivity contribution < 1.29 is 9.18 Å². The Hall–Kier alpha value is -2.35. The predicted molar refractivity (Wildman–Crippen MR) is 104 cm³/mol. The van der Waals surface area contributed by atoms with Crippen LogP contribution in [0.25, 0.3) is 5.69 Å². The van der Waals surface area contributed by atoms with Gasteiger partial charge in [0.2, 0.25) is 5.91 Å². The van der Waals surface area contributed by atoms with E-state index in [1.54, 1.807) is 16.8 Å². The zero-order chi connectivity index (χ0) is 19.9. The Morgan fingerprint density at radius 1 is 1.14 bits per heavy atom. The van der Waals surface area contributed by atoms with Gasteiger partial charge in [-0.15, -0.1) is 5.10 Å². The monoisotopic (exact) mass is 388 g/mol. The van der Waals surface area contributed by atoms with Gasteiger partial charge in [0.05, 0.1) is 12.2 Å². The number of aromatic nitrogens is 4. The second-order valence-corrected chi connectivity index (χ2v) is 7.36. The van der Waals surface area contributed by atoms with Gasteiger partial charge in [0, 0.05) is 32.1 Å². The van der Waals surface area contributed by atoms with Crippen LogP contribution >= 0.6 is 0 Å². The summed E-state index contributed by atoms with van der Waals surface area (Å²) in [5, 5.41) is 11.9. The Morgan fingerprint density at radius 3 is 2.50 bits per heavy atom. The van der Waals surface area contributed by atoms with Gasteiger partial charge in [0.25, 0.3) is 0 Å². The molecule has 0 bridgehead atoms. The van der Waals surface area contributed by atoms with E-state index in [1.807, 2.05) is 4.90 Å². The normalized spacial score (nSPS) is 15.4. The summed E-state index contributed by atoms with van der Waals surface area (Å²) in [5.74, 6) is 0.801. The van der Waals surface area contributed by atoms with Gasteiger partial charge in [-0.05, 0) is 41.5 Å². The molecule has 1 fully saturated rings. The molecule has 1 aliphatic heterocycles. The molecule has 0 atom stereocenters. The van der Waals surface area contributed by atoms with Crippen LogP contribution in [0.1, 0.15) is 45.4 Å². The summed E-state index contributed by atoms with van der Waals surface area (Å²) in [7, 11) is 0. The number of rotatable bonds is 8. The molecule has 0 radical (unpaired) electrons. The molecular weight excluding hydrogens is 359 g/mol. The lowest BCUT2D eigenvalue weighted by atomic mass is 9.96. The fraction of sp³-hybridized carbons (Fsp3) is 0.600. The van der Waals surface area contributed by atoms with Gasteiger partial charge in [-0.25, -0.2) is 4.39 Å². The molecule has 1 aromatic carbocycles. The van der Waals surface area contributed by atoms with E-state index in [0.717, 1.165) is 51.9 Å². The third-order valence-electron chi connectivity index (χ3n) is 5.26. The van der Waals surface area contributed by atoms with Crippen molar-refractivity contribution in [3.8, 4) is 5.69 Å². The highest BCUT2D eigenvalue weighted by atomic mass is 19.1. The molecular formula is C20H29FN6O. The number of benzene rings is 1. The average molecular weight is 388 g/mol. The first-order valence-corrected chi connectivity index (χ1v) is 10.2. The van der Waals surface area contributed by atoms with E-state index in [2.05, 4.69) is 34.3 Å². The molecule has 0 aliphatic carbocycles. The number of amides is 1. The standard InChI is InChI=1S/C20H29FN6O/c1-3-6-16(7-4-2)20(28)26-12-10-25(11-13-26)15-19-22-23-24-27(19)18-9-5-8-17(21)14-18/h5,8-9,14,16H,3-4,6-7,10-13,15H2,1-2H3. The Bertz CT molecular complexity index is 766. The number of tetrazole rings is 1. The number of carbonyl (C=O) groups excluding carboxylic acids is 1. The minimum atomic E-state index is -0.320. The number of piperazine rings is 1. The molecule has 1 saturated heterocycles. The highest BCUT2D eigenvalue weighted by Gasteiger charge is 2.27. The summed E-state index contributed by atoms with van der Waals surface area (Å²) < 4.78 is 15.1. The molecule has 28 heavy (non-hydrogen) atoms. The van der Waals surface area contributed by atoms with Crippen molar-refractivity contribution in [2.24, 2.45) is 5.92 Å². The van der Waals surface area contributed by atoms with Crippen molar-refractivity contribution in [3.63, 3.8) is 0 Å². The third-order valence-corrected chi connectivity index (χ3v) is 5.26. The average Bonchev–Trinajstić information content (AvgIpc) is 3.16. The molecule has 0 unspecified atom stereocenters. The first-order valence-electron chi connectivity index (χ1n) is 10.2. The van der Waals surface area contributed by atoms with Crippen LogP contribution < -0.4 is 0 Å². The van der Waals surface area contributed by atoms with Gasteiger partial charge < -0.3 is 4.90 Å². The molecule has 1 aromatic heterocycles. The van der Waals surface area contributed by atoms with Crippen molar-refractivity contribution in [1.82, 2.24) is 30.0 Å². The van der Waals surface area contributed by atoms with E-state index in [9.17, 15) is 9.18 Å². The van der Waals surface area contributed by atoms with Crippen molar-refractivity contribution in [2.75, 3.05) is 26.2 Å². The van der Waals surface area contributed by atoms with Gasteiger partial charge >= 0.3 is 0 Å². The number of nitrogens with zero attached hydrogens (tertiary/aromatic N) is 6. The van der Waals surface area contributed by atoms with Gasteiger partial charge in [0.1, 0.15) is 5.82 Å². The lowest BCUT2D eigenvalue weighted by Gasteiger charge is -2.36. The first-order chi connectivity index (χ1) is 13.6. The van der Waals surface area contributed by atoms with E-state index < -0.39 is 0 Å². The Morgan fingerprint density at radius 2 is 1.86 bits per heavy atom. The van der Waals surface area contributed by atoms with E-state index in [-0.39, 0.29) is 11.7 Å². The van der Waals surface area contributed by atoms with Crippen LogP contribution in [-0.2, 0) is 11.3 Å². The summed E-state index contributed by atoms with van der Waals surface area (Å²) in [6.07, 6.45) is 4.02. The fourth-order valence-corrected chi connectivity index (χ4v) is 3.79. The van der Waals surface area contributed by atoms with Gasteiger partial charge in [-0.1, -0.05) is 32.8 Å². The minimum Gasteiger partial charge on any atom is -0.340 e. The van der Waals surface area contributed by atoms with E-state index in [4.69, 9.17) is 0 Å². The van der Waals surface area contributed by atoms with Crippen LogP contribution in [0.3, 0.4) is 0 Å². The van der Waals surface area contributed by atoms with E-state index in [1.165, 1.54) is 12.1 Å². The Kier molecular flexibility index (Phi) is 7.08. The van der Waals surface area contributed by atoms with Gasteiger partial charge in [-0.2, -0.15) is 4.68 Å². The predicted octanol–water partition coefficient (Wildman–Crippen LogP) is 2.66. The molecule has 0 saturated carbocycles. The summed E-state index contributed by atoms with van der Waals surface area (Å²) in [6, 6.07) is 6.23. The number of hydrogen-bond donors (Lipinski definition) is 0. The van der Waals surface area contributed by atoms with Gasteiger partial charge in [0.15, 0.2) is 5.82 Å². The minimum absolute atomic E-state index is 0.154. The topological polar surface area (TPSA) is 67.2 Å². The van der Waals surface area contributed by atoms with Crippen LogP contribution in [0, 0.1) is 11.7 Å². The maximum atomic E-state index is 13.5. The van der Waals surface area contributed by atoms with Crippen molar-refractivity contribution in [1.29, 1.82) is 0 Å². The molecule has 1 aliphatic rings. The van der Waals surface area contributed by atoms with Crippen LogP contribution in [0.2, 0.25) is 0 Å². The van der Waals surface area contributed by atoms with Crippen molar-refractivity contribution in [2.45, 2.75) is 46.1 Å². The molecule has 1 amide bonds. The smallest absolute Gasteiger partial charge is 0.225 e. The van der Waals surface area contributed by atoms with Crippen molar-refractivity contribution in [3.05, 3.63) is 35.9 Å². The number of halogens is 1. The molecule has 3 rings (SSSR count). The largest absolute Gasteiger partial charge is 0.340 e. The summed E-state index contributed by atoms with van der Waals surface area (Å²) in [4.78, 5) is 17.0. The fourth-order valence-electron chi connectivity index (χ4n) is 3.79. The highest BCUT2D eigenvalue weighted by Crippen LogP contribution is 2.19. The van der Waals surface area contributed by atoms with Crippen molar-refractivity contribution >= 4 is 5.91 Å². The molecule has 0 N–H and O–H groups in total. The summed E-state index contributed by atoms with van der Waals surface area (Å²) in [5.41, 5.74) is 0.607. The molecule has 0 spiro atoms. The van der Waals surface area contributed by atoms with Crippen LogP contribution in [0.15, 0.2) is 24.3 Å². The zero-order valence-electron chi connectivity index (χ0n) is 16.7. The quantitative estimate of drug-likeness (QED) is 0.696. The Labute approximate surface area is 165 Å². The second-order valence-electron chi connectivity index (χ2n) is 7.36. The molecule has 7 nitrogen and oxygen atoms in total. The Balaban J connectivity index is 1.58. The zero-order valence-corrected chi connectivity index (χ0v) is 16.7. The second kappa shape index (κ2) is 9.73. The maximum Gasteiger partial charge on any atom is 0.225 e. The molecule has 2 aromatic rings. The number of carbonyl (C=O) groups is 1. The molecule has 8 heteroatoms.